The van der Waals surface area contributed by atoms with Crippen LogP contribution in [0.2, 0.25) is 5.02 Å². The Balaban J connectivity index is 1.38. The monoisotopic (exact) mass is 389 g/mol. The van der Waals surface area contributed by atoms with Gasteiger partial charge in [-0.3, -0.25) is 14.5 Å². The number of carbonyl (C=O) groups is 2. The molecular weight excluding hydrogens is 362 g/mol. The van der Waals surface area contributed by atoms with Crippen molar-refractivity contribution in [3.8, 4) is 0 Å². The van der Waals surface area contributed by atoms with Gasteiger partial charge in [0.1, 0.15) is 0 Å². The Morgan fingerprint density at radius 1 is 1.19 bits per heavy atom. The largest absolute Gasteiger partial charge is 0.352 e. The van der Waals surface area contributed by atoms with Gasteiger partial charge in [0, 0.05) is 37.2 Å². The molecule has 1 heterocycles. The number of nitrogens with one attached hydrogen (secondary N) is 1. The number of benzene rings is 1. The van der Waals surface area contributed by atoms with E-state index in [1.54, 1.807) is 0 Å². The van der Waals surface area contributed by atoms with Crippen molar-refractivity contribution >= 4 is 23.4 Å². The molecule has 5 nitrogen and oxygen atoms in total. The van der Waals surface area contributed by atoms with Crippen LogP contribution in [-0.2, 0) is 15.0 Å². The summed E-state index contributed by atoms with van der Waals surface area (Å²) in [6, 6.07) is 8.02. The molecule has 0 aromatic heterocycles. The fourth-order valence-electron chi connectivity index (χ4n) is 4.27. The summed E-state index contributed by atoms with van der Waals surface area (Å²) < 4.78 is 0. The number of piperazine rings is 1. The summed E-state index contributed by atoms with van der Waals surface area (Å²) in [5.74, 6) is 0.345. The fourth-order valence-corrected chi connectivity index (χ4v) is 4.46. The highest BCUT2D eigenvalue weighted by molar-refractivity contribution is 6.30. The summed E-state index contributed by atoms with van der Waals surface area (Å²) in [4.78, 5) is 29.8. The molecule has 1 aromatic rings. The van der Waals surface area contributed by atoms with E-state index in [9.17, 15) is 9.59 Å². The van der Waals surface area contributed by atoms with Crippen LogP contribution in [0.4, 0.5) is 0 Å². The molecule has 27 heavy (non-hydrogen) atoms. The van der Waals surface area contributed by atoms with Gasteiger partial charge in [-0.2, -0.15) is 0 Å². The van der Waals surface area contributed by atoms with Gasteiger partial charge >= 0.3 is 0 Å². The molecule has 3 fully saturated rings. The van der Waals surface area contributed by atoms with Gasteiger partial charge in [0.2, 0.25) is 11.8 Å². The van der Waals surface area contributed by atoms with Crippen molar-refractivity contribution < 1.29 is 9.59 Å². The van der Waals surface area contributed by atoms with E-state index in [1.165, 1.54) is 0 Å². The molecule has 6 heteroatoms. The fraction of sp³-hybridized carbons (Fsp3) is 0.619. The minimum Gasteiger partial charge on any atom is -0.352 e. The number of hydrogen-bond donors (Lipinski definition) is 1. The van der Waals surface area contributed by atoms with Gasteiger partial charge < -0.3 is 10.2 Å². The van der Waals surface area contributed by atoms with Crippen molar-refractivity contribution in [1.82, 2.24) is 15.1 Å². The first kappa shape index (κ1) is 18.8. The number of nitrogens with zero attached hydrogens (tertiary/aromatic N) is 2. The molecule has 2 saturated carbocycles. The molecule has 0 radical (unpaired) electrons. The summed E-state index contributed by atoms with van der Waals surface area (Å²) in [5, 5.41) is 3.77. The average molecular weight is 390 g/mol. The number of rotatable bonds is 5. The van der Waals surface area contributed by atoms with E-state index in [2.05, 4.69) is 10.2 Å². The van der Waals surface area contributed by atoms with Crippen LogP contribution in [0.15, 0.2) is 24.3 Å². The van der Waals surface area contributed by atoms with Crippen LogP contribution in [0, 0.1) is 0 Å². The third kappa shape index (κ3) is 3.72. The standard InChI is InChI=1S/C21H28ClN3O2/c1-15(19(26)23-18-6-7-18)24-10-12-25(13-11-24)20(27)21(8-3-9-21)16-4-2-5-17(22)14-16/h2,4-5,14-15,18H,3,6-13H2,1H3,(H,23,26)/t15-/m0/s1. The highest BCUT2D eigenvalue weighted by atomic mass is 35.5. The molecule has 4 rings (SSSR count). The Morgan fingerprint density at radius 2 is 1.89 bits per heavy atom. The Bertz CT molecular complexity index is 722. The zero-order valence-corrected chi connectivity index (χ0v) is 16.7. The zero-order chi connectivity index (χ0) is 19.0. The molecular formula is C21H28ClN3O2. The Hall–Kier alpha value is -1.59. The minimum atomic E-state index is -0.401. The molecule has 1 aromatic carbocycles. The number of hydrogen-bond acceptors (Lipinski definition) is 3. The molecule has 0 spiro atoms. The molecule has 1 atom stereocenters. The smallest absolute Gasteiger partial charge is 0.237 e. The van der Waals surface area contributed by atoms with Crippen molar-refractivity contribution in [1.29, 1.82) is 0 Å². The second kappa shape index (κ2) is 7.44. The molecule has 1 N–H and O–H groups in total. The summed E-state index contributed by atoms with van der Waals surface area (Å²) >= 11 is 6.18. The van der Waals surface area contributed by atoms with Gasteiger partial charge in [-0.05, 0) is 50.3 Å². The van der Waals surface area contributed by atoms with Crippen LogP contribution >= 0.6 is 11.6 Å². The SMILES string of the molecule is C[C@@H](C(=O)NC1CC1)N1CCN(C(=O)C2(c3cccc(Cl)c3)CCC2)CC1. The average Bonchev–Trinajstić information content (AvgIpc) is 3.44. The molecule has 1 saturated heterocycles. The first-order valence-corrected chi connectivity index (χ1v) is 10.5. The van der Waals surface area contributed by atoms with Crippen molar-refractivity contribution in [3.05, 3.63) is 34.9 Å². The quantitative estimate of drug-likeness (QED) is 0.842. The van der Waals surface area contributed by atoms with Gasteiger partial charge in [-0.1, -0.05) is 30.2 Å². The number of amides is 2. The van der Waals surface area contributed by atoms with E-state index in [0.717, 1.165) is 50.8 Å². The number of carbonyl (C=O) groups excluding carboxylic acids is 2. The number of halogens is 1. The van der Waals surface area contributed by atoms with Crippen LogP contribution in [0.1, 0.15) is 44.6 Å². The maximum absolute atomic E-state index is 13.4. The summed E-state index contributed by atoms with van der Waals surface area (Å²) in [7, 11) is 0. The van der Waals surface area contributed by atoms with Crippen molar-refractivity contribution in [3.63, 3.8) is 0 Å². The van der Waals surface area contributed by atoms with Crippen LogP contribution in [-0.4, -0.2) is 59.9 Å². The van der Waals surface area contributed by atoms with E-state index in [0.29, 0.717) is 24.2 Å². The van der Waals surface area contributed by atoms with Gasteiger partial charge in [-0.15, -0.1) is 0 Å². The van der Waals surface area contributed by atoms with Gasteiger partial charge in [-0.25, -0.2) is 0 Å². The summed E-state index contributed by atoms with van der Waals surface area (Å²) in [6.45, 7) is 4.83. The van der Waals surface area contributed by atoms with Crippen LogP contribution in [0.3, 0.4) is 0 Å². The molecule has 0 unspecified atom stereocenters. The minimum absolute atomic E-state index is 0.117. The molecule has 146 valence electrons. The molecule has 2 amide bonds. The van der Waals surface area contributed by atoms with Crippen LogP contribution in [0.25, 0.3) is 0 Å². The summed E-state index contributed by atoms with van der Waals surface area (Å²) in [5.41, 5.74) is 0.646. The normalized spacial score (nSPS) is 23.4. The second-order valence-electron chi connectivity index (χ2n) is 8.23. The Labute approximate surface area is 166 Å². The predicted octanol–water partition coefficient (Wildman–Crippen LogP) is 2.57. The highest BCUT2D eigenvalue weighted by Crippen LogP contribution is 2.45. The van der Waals surface area contributed by atoms with Crippen LogP contribution in [0.5, 0.6) is 0 Å². The second-order valence-corrected chi connectivity index (χ2v) is 8.67. The van der Waals surface area contributed by atoms with E-state index >= 15 is 0 Å². The van der Waals surface area contributed by atoms with E-state index in [-0.39, 0.29) is 17.9 Å². The lowest BCUT2D eigenvalue weighted by atomic mass is 9.63. The summed E-state index contributed by atoms with van der Waals surface area (Å²) in [6.07, 6.45) is 5.08. The molecule has 1 aliphatic heterocycles. The van der Waals surface area contributed by atoms with Crippen molar-refractivity contribution in [2.24, 2.45) is 0 Å². The third-order valence-corrected chi connectivity index (χ3v) is 6.68. The predicted molar refractivity (Wildman–Crippen MR) is 106 cm³/mol. The molecule has 2 aliphatic carbocycles. The lowest BCUT2D eigenvalue weighted by Crippen LogP contribution is -2.59. The first-order chi connectivity index (χ1) is 13.0. The maximum atomic E-state index is 13.4. The maximum Gasteiger partial charge on any atom is 0.237 e. The zero-order valence-electron chi connectivity index (χ0n) is 15.9. The highest BCUT2D eigenvalue weighted by Gasteiger charge is 2.48. The van der Waals surface area contributed by atoms with Crippen molar-refractivity contribution in [2.75, 3.05) is 26.2 Å². The third-order valence-electron chi connectivity index (χ3n) is 6.45. The Morgan fingerprint density at radius 3 is 2.44 bits per heavy atom. The Kier molecular flexibility index (Phi) is 5.17. The van der Waals surface area contributed by atoms with Crippen molar-refractivity contribution in [2.45, 2.75) is 56.5 Å². The molecule has 3 aliphatic rings. The van der Waals surface area contributed by atoms with Crippen LogP contribution < -0.4 is 5.32 Å². The lowest BCUT2D eigenvalue weighted by Gasteiger charge is -2.46. The van der Waals surface area contributed by atoms with Gasteiger partial charge in [0.15, 0.2) is 0 Å². The van der Waals surface area contributed by atoms with E-state index < -0.39 is 5.41 Å². The molecule has 0 bridgehead atoms. The first-order valence-electron chi connectivity index (χ1n) is 10.1. The van der Waals surface area contributed by atoms with Gasteiger partial charge in [0.25, 0.3) is 0 Å². The van der Waals surface area contributed by atoms with Gasteiger partial charge in [0.05, 0.1) is 11.5 Å². The van der Waals surface area contributed by atoms with E-state index in [1.807, 2.05) is 36.1 Å². The van der Waals surface area contributed by atoms with E-state index in [4.69, 9.17) is 11.6 Å². The lowest BCUT2D eigenvalue weighted by molar-refractivity contribution is -0.143. The topological polar surface area (TPSA) is 52.7 Å².